The first-order valence-electron chi connectivity index (χ1n) is 6.43. The molecule has 1 atom stereocenters. The predicted molar refractivity (Wildman–Crippen MR) is 82.9 cm³/mol. The first-order chi connectivity index (χ1) is 9.31. The fourth-order valence-electron chi connectivity index (χ4n) is 1.64. The van der Waals surface area contributed by atoms with Crippen molar-refractivity contribution in [3.05, 3.63) is 35.9 Å². The summed E-state index contributed by atoms with van der Waals surface area (Å²) in [4.78, 5) is 11.8. The van der Waals surface area contributed by atoms with Crippen LogP contribution in [0.1, 0.15) is 26.3 Å². The maximum atomic E-state index is 11.8. The van der Waals surface area contributed by atoms with Crippen molar-refractivity contribution in [3.8, 4) is 0 Å². The number of carbonyl (C=O) groups is 1. The minimum absolute atomic E-state index is 0.333. The number of thiocarbonyl (C=S) groups is 1. The van der Waals surface area contributed by atoms with Gasteiger partial charge in [0.05, 0.1) is 7.11 Å². The molecule has 0 saturated carbocycles. The van der Waals surface area contributed by atoms with E-state index in [1.165, 1.54) is 7.11 Å². The molecule has 0 aliphatic rings. The second kappa shape index (κ2) is 7.24. The molecule has 20 heavy (non-hydrogen) atoms. The van der Waals surface area contributed by atoms with Crippen LogP contribution in [0.15, 0.2) is 30.3 Å². The summed E-state index contributed by atoms with van der Waals surface area (Å²) in [6.45, 7) is 5.44. The SMILES string of the molecule is COC(=S)[C@@H](Cc1ccccc1)NC(=O)OC(C)(C)C. The summed E-state index contributed by atoms with van der Waals surface area (Å²) in [6, 6.07) is 9.37. The van der Waals surface area contributed by atoms with Crippen molar-refractivity contribution in [2.45, 2.75) is 38.8 Å². The third-order valence-corrected chi connectivity index (χ3v) is 2.91. The van der Waals surface area contributed by atoms with Gasteiger partial charge >= 0.3 is 6.09 Å². The number of carbonyl (C=O) groups excluding carboxylic acids is 1. The first kappa shape index (κ1) is 16.4. The Morgan fingerprint density at radius 2 is 1.90 bits per heavy atom. The van der Waals surface area contributed by atoms with E-state index in [9.17, 15) is 4.79 Å². The summed E-state index contributed by atoms with van der Waals surface area (Å²) in [5.74, 6) is 0. The summed E-state index contributed by atoms with van der Waals surface area (Å²) in [7, 11) is 1.50. The van der Waals surface area contributed by atoms with Gasteiger partial charge in [-0.25, -0.2) is 4.79 Å². The van der Waals surface area contributed by atoms with Crippen molar-refractivity contribution < 1.29 is 14.3 Å². The lowest BCUT2D eigenvalue weighted by molar-refractivity contribution is 0.0514. The number of nitrogens with one attached hydrogen (secondary N) is 1. The number of rotatable bonds is 4. The van der Waals surface area contributed by atoms with Crippen LogP contribution in [-0.2, 0) is 15.9 Å². The maximum absolute atomic E-state index is 11.8. The number of amides is 1. The second-order valence-electron chi connectivity index (χ2n) is 5.41. The van der Waals surface area contributed by atoms with Crippen LogP contribution in [0.3, 0.4) is 0 Å². The van der Waals surface area contributed by atoms with E-state index in [0.29, 0.717) is 11.5 Å². The lowest BCUT2D eigenvalue weighted by atomic mass is 10.1. The monoisotopic (exact) mass is 295 g/mol. The number of hydrogen-bond donors (Lipinski definition) is 1. The van der Waals surface area contributed by atoms with Gasteiger partial charge in [0.2, 0.25) is 0 Å². The minimum Gasteiger partial charge on any atom is -0.488 e. The molecule has 110 valence electrons. The Bertz CT molecular complexity index is 454. The molecule has 0 aliphatic heterocycles. The van der Waals surface area contributed by atoms with Crippen LogP contribution < -0.4 is 5.32 Å². The van der Waals surface area contributed by atoms with Gasteiger partial charge in [0.25, 0.3) is 0 Å². The highest BCUT2D eigenvalue weighted by Gasteiger charge is 2.22. The molecule has 1 amide bonds. The number of ether oxygens (including phenoxy) is 2. The van der Waals surface area contributed by atoms with Crippen LogP contribution >= 0.6 is 12.2 Å². The van der Waals surface area contributed by atoms with Crippen LogP contribution in [0, 0.1) is 0 Å². The molecule has 0 aromatic heterocycles. The van der Waals surface area contributed by atoms with Crippen molar-refractivity contribution in [1.29, 1.82) is 0 Å². The molecule has 0 saturated heterocycles. The maximum Gasteiger partial charge on any atom is 0.408 e. The minimum atomic E-state index is -0.546. The molecule has 0 spiro atoms. The fourth-order valence-corrected chi connectivity index (χ4v) is 1.78. The molecule has 0 radical (unpaired) electrons. The largest absolute Gasteiger partial charge is 0.488 e. The van der Waals surface area contributed by atoms with Crippen molar-refractivity contribution in [1.82, 2.24) is 5.32 Å². The highest BCUT2D eigenvalue weighted by atomic mass is 32.1. The van der Waals surface area contributed by atoms with Gasteiger partial charge in [-0.1, -0.05) is 30.3 Å². The van der Waals surface area contributed by atoms with Crippen molar-refractivity contribution in [2.24, 2.45) is 0 Å². The first-order valence-corrected chi connectivity index (χ1v) is 6.84. The molecule has 1 rings (SSSR count). The Kier molecular flexibility index (Phi) is 5.95. The molecule has 0 heterocycles. The van der Waals surface area contributed by atoms with Crippen LogP contribution in [0.25, 0.3) is 0 Å². The Hall–Kier alpha value is -1.62. The molecule has 0 bridgehead atoms. The highest BCUT2D eigenvalue weighted by molar-refractivity contribution is 7.80. The van der Waals surface area contributed by atoms with Crippen molar-refractivity contribution in [3.63, 3.8) is 0 Å². The van der Waals surface area contributed by atoms with E-state index in [1.807, 2.05) is 51.1 Å². The van der Waals surface area contributed by atoms with Gasteiger partial charge < -0.3 is 14.8 Å². The van der Waals surface area contributed by atoms with E-state index < -0.39 is 17.7 Å². The van der Waals surface area contributed by atoms with Crippen LogP contribution in [0.2, 0.25) is 0 Å². The van der Waals surface area contributed by atoms with Gasteiger partial charge in [-0.3, -0.25) is 0 Å². The average Bonchev–Trinajstić information content (AvgIpc) is 2.36. The molecule has 0 unspecified atom stereocenters. The molecule has 5 heteroatoms. The third-order valence-electron chi connectivity index (χ3n) is 2.46. The summed E-state index contributed by atoms with van der Waals surface area (Å²) in [6.07, 6.45) is 0.0602. The van der Waals surface area contributed by atoms with Crippen LogP contribution in [0.5, 0.6) is 0 Å². The quantitative estimate of drug-likeness (QED) is 0.867. The van der Waals surface area contributed by atoms with Gasteiger partial charge in [-0.15, -0.1) is 0 Å². The normalized spacial score (nSPS) is 12.4. The van der Waals surface area contributed by atoms with Gasteiger partial charge in [-0.2, -0.15) is 0 Å². The molecule has 1 N–H and O–H groups in total. The molecule has 0 aliphatic carbocycles. The number of alkyl carbamates (subject to hydrolysis) is 1. The molecular weight excluding hydrogens is 274 g/mol. The highest BCUT2D eigenvalue weighted by Crippen LogP contribution is 2.09. The average molecular weight is 295 g/mol. The Morgan fingerprint density at radius 3 is 2.40 bits per heavy atom. The predicted octanol–water partition coefficient (Wildman–Crippen LogP) is 3.10. The van der Waals surface area contributed by atoms with E-state index in [-0.39, 0.29) is 0 Å². The Morgan fingerprint density at radius 1 is 1.30 bits per heavy atom. The fraction of sp³-hybridized carbons (Fsp3) is 0.467. The number of benzene rings is 1. The Balaban J connectivity index is 2.70. The van der Waals surface area contributed by atoms with Crippen LogP contribution in [0.4, 0.5) is 4.79 Å². The molecule has 4 nitrogen and oxygen atoms in total. The van der Waals surface area contributed by atoms with Gasteiger partial charge in [0, 0.05) is 6.42 Å². The summed E-state index contributed by atoms with van der Waals surface area (Å²) in [5, 5.41) is 3.08. The Labute approximate surface area is 125 Å². The van der Waals surface area contributed by atoms with E-state index in [4.69, 9.17) is 21.7 Å². The smallest absolute Gasteiger partial charge is 0.408 e. The zero-order valence-corrected chi connectivity index (χ0v) is 13.1. The van der Waals surface area contributed by atoms with Gasteiger partial charge in [0.1, 0.15) is 11.6 Å². The molecular formula is C15H21NO3S. The lowest BCUT2D eigenvalue weighted by Gasteiger charge is -2.23. The van der Waals surface area contributed by atoms with Gasteiger partial charge in [0.15, 0.2) is 5.05 Å². The molecule has 0 fully saturated rings. The molecule has 1 aromatic carbocycles. The van der Waals surface area contributed by atoms with E-state index in [0.717, 1.165) is 5.56 Å². The van der Waals surface area contributed by atoms with Gasteiger partial charge in [-0.05, 0) is 38.6 Å². The zero-order chi connectivity index (χ0) is 15.2. The van der Waals surface area contributed by atoms with E-state index in [2.05, 4.69) is 5.32 Å². The van der Waals surface area contributed by atoms with Crippen LogP contribution in [-0.4, -0.2) is 29.9 Å². The molecule has 1 aromatic rings. The number of methoxy groups -OCH3 is 1. The summed E-state index contributed by atoms with van der Waals surface area (Å²) >= 11 is 5.14. The number of hydrogen-bond acceptors (Lipinski definition) is 4. The van der Waals surface area contributed by atoms with Crippen molar-refractivity contribution >= 4 is 23.4 Å². The topological polar surface area (TPSA) is 47.6 Å². The lowest BCUT2D eigenvalue weighted by Crippen LogP contribution is -2.44. The summed E-state index contributed by atoms with van der Waals surface area (Å²) < 4.78 is 10.3. The third kappa shape index (κ3) is 6.02. The summed E-state index contributed by atoms with van der Waals surface area (Å²) in [5.41, 5.74) is 0.517. The zero-order valence-electron chi connectivity index (χ0n) is 12.3. The van der Waals surface area contributed by atoms with Crippen molar-refractivity contribution in [2.75, 3.05) is 7.11 Å². The second-order valence-corrected chi connectivity index (χ2v) is 5.81. The van der Waals surface area contributed by atoms with E-state index >= 15 is 0 Å². The standard InChI is InChI=1S/C15H21NO3S/c1-15(2,3)19-14(17)16-12(13(20)18-4)10-11-8-6-5-7-9-11/h5-9,12H,10H2,1-4H3,(H,16,17)/t12-/m1/s1. The van der Waals surface area contributed by atoms with E-state index in [1.54, 1.807) is 0 Å².